The van der Waals surface area contributed by atoms with Gasteiger partial charge in [-0.1, -0.05) is 11.6 Å². The second-order valence-corrected chi connectivity index (χ2v) is 6.87. The van der Waals surface area contributed by atoms with Gasteiger partial charge in [0.2, 0.25) is 10.0 Å². The van der Waals surface area contributed by atoms with Crippen LogP contribution in [0.25, 0.3) is 0 Å². The van der Waals surface area contributed by atoms with Crippen molar-refractivity contribution < 1.29 is 13.5 Å². The number of pyridine rings is 1. The summed E-state index contributed by atoms with van der Waals surface area (Å²) < 4.78 is 26.6. The second kappa shape index (κ2) is 6.17. The Morgan fingerprint density at radius 1 is 1.53 bits per heavy atom. The minimum absolute atomic E-state index is 0.0240. The first-order chi connectivity index (χ1) is 9.05. The van der Waals surface area contributed by atoms with Gasteiger partial charge >= 0.3 is 0 Å². The average Bonchev–Trinajstić information content (AvgIpc) is 2.85. The molecule has 1 aliphatic heterocycles. The molecule has 1 aromatic rings. The smallest absolute Gasteiger partial charge is 0.243 e. The highest BCUT2D eigenvalue weighted by Crippen LogP contribution is 2.28. The molecule has 1 saturated heterocycles. The van der Waals surface area contributed by atoms with Crippen LogP contribution in [0, 0.1) is 0 Å². The summed E-state index contributed by atoms with van der Waals surface area (Å²) in [6.07, 6.45) is 4.41. The molecule has 1 aromatic heterocycles. The van der Waals surface area contributed by atoms with Gasteiger partial charge in [0.15, 0.2) is 0 Å². The Hall–Kier alpha value is -0.690. The van der Waals surface area contributed by atoms with Crippen LogP contribution in [-0.2, 0) is 10.0 Å². The topological polar surface area (TPSA) is 70.5 Å². The zero-order chi connectivity index (χ0) is 13.9. The fourth-order valence-electron chi connectivity index (χ4n) is 2.42. The van der Waals surface area contributed by atoms with Crippen LogP contribution in [0.3, 0.4) is 0 Å². The monoisotopic (exact) mass is 304 g/mol. The van der Waals surface area contributed by atoms with Gasteiger partial charge in [-0.05, 0) is 37.8 Å². The van der Waals surface area contributed by atoms with Crippen molar-refractivity contribution in [3.8, 4) is 0 Å². The molecule has 0 bridgehead atoms. The maximum atomic E-state index is 12.5. The summed E-state index contributed by atoms with van der Waals surface area (Å²) >= 11 is 5.75. The second-order valence-electron chi connectivity index (χ2n) is 4.59. The number of aliphatic hydroxyl groups is 1. The van der Waals surface area contributed by atoms with Crippen molar-refractivity contribution in [3.63, 3.8) is 0 Å². The lowest BCUT2D eigenvalue weighted by molar-refractivity contribution is 0.264. The van der Waals surface area contributed by atoms with Gasteiger partial charge < -0.3 is 5.11 Å². The number of hydrogen-bond donors (Lipinski definition) is 1. The number of sulfonamides is 1. The van der Waals surface area contributed by atoms with Crippen LogP contribution in [0.5, 0.6) is 0 Å². The molecule has 1 unspecified atom stereocenters. The van der Waals surface area contributed by atoms with Crippen LogP contribution in [0.4, 0.5) is 0 Å². The zero-order valence-electron chi connectivity index (χ0n) is 10.5. The van der Waals surface area contributed by atoms with E-state index in [4.69, 9.17) is 16.7 Å². The van der Waals surface area contributed by atoms with Crippen molar-refractivity contribution in [2.24, 2.45) is 0 Å². The van der Waals surface area contributed by atoms with Gasteiger partial charge in [-0.3, -0.25) is 0 Å². The van der Waals surface area contributed by atoms with E-state index in [1.165, 1.54) is 22.6 Å². The van der Waals surface area contributed by atoms with Gasteiger partial charge in [0, 0.05) is 25.4 Å². The van der Waals surface area contributed by atoms with Crippen LogP contribution < -0.4 is 0 Å². The van der Waals surface area contributed by atoms with Crippen molar-refractivity contribution in [3.05, 3.63) is 23.5 Å². The highest BCUT2D eigenvalue weighted by atomic mass is 35.5. The number of rotatable bonds is 5. The largest absolute Gasteiger partial charge is 0.396 e. The lowest BCUT2D eigenvalue weighted by Gasteiger charge is -2.23. The molecule has 7 heteroatoms. The highest BCUT2D eigenvalue weighted by molar-refractivity contribution is 7.89. The molecule has 0 spiro atoms. The lowest BCUT2D eigenvalue weighted by atomic mass is 10.1. The average molecular weight is 305 g/mol. The molecule has 0 aromatic carbocycles. The Bertz CT molecular complexity index is 536. The van der Waals surface area contributed by atoms with Crippen LogP contribution in [0.1, 0.15) is 25.7 Å². The molecule has 0 aliphatic carbocycles. The molecule has 2 rings (SSSR count). The van der Waals surface area contributed by atoms with Crippen molar-refractivity contribution in [2.75, 3.05) is 13.2 Å². The summed E-state index contributed by atoms with van der Waals surface area (Å²) in [7, 11) is -3.51. The Kier molecular flexibility index (Phi) is 4.78. The maximum absolute atomic E-state index is 12.5. The van der Waals surface area contributed by atoms with Gasteiger partial charge in [0.05, 0.1) is 4.90 Å². The van der Waals surface area contributed by atoms with Crippen molar-refractivity contribution >= 4 is 21.6 Å². The Morgan fingerprint density at radius 3 is 3.00 bits per heavy atom. The predicted molar refractivity (Wildman–Crippen MR) is 72.5 cm³/mol. The predicted octanol–water partition coefficient (Wildman–Crippen LogP) is 1.66. The molecule has 1 fully saturated rings. The quantitative estimate of drug-likeness (QED) is 0.840. The Balaban J connectivity index is 2.23. The first kappa shape index (κ1) is 14.7. The van der Waals surface area contributed by atoms with Crippen LogP contribution in [0.2, 0.25) is 5.15 Å². The molecule has 1 atom stereocenters. The van der Waals surface area contributed by atoms with Gasteiger partial charge in [0.1, 0.15) is 5.15 Å². The van der Waals surface area contributed by atoms with Crippen LogP contribution in [0.15, 0.2) is 23.2 Å². The van der Waals surface area contributed by atoms with Gasteiger partial charge in [-0.15, -0.1) is 0 Å². The number of hydrogen-bond acceptors (Lipinski definition) is 4. The fraction of sp³-hybridized carbons (Fsp3) is 0.583. The van der Waals surface area contributed by atoms with Crippen LogP contribution in [-0.4, -0.2) is 42.0 Å². The van der Waals surface area contributed by atoms with Crippen LogP contribution >= 0.6 is 11.6 Å². The summed E-state index contributed by atoms with van der Waals surface area (Å²) in [5, 5.41) is 9.05. The van der Waals surface area contributed by atoms with E-state index < -0.39 is 10.0 Å². The van der Waals surface area contributed by atoms with Crippen molar-refractivity contribution in [2.45, 2.75) is 36.6 Å². The summed E-state index contributed by atoms with van der Waals surface area (Å²) in [5.74, 6) is 0. The van der Waals surface area contributed by atoms with Gasteiger partial charge in [-0.2, -0.15) is 4.31 Å². The van der Waals surface area contributed by atoms with E-state index in [0.29, 0.717) is 19.4 Å². The molecule has 0 saturated carbocycles. The molecule has 1 aliphatic rings. The summed E-state index contributed by atoms with van der Waals surface area (Å²) in [6.45, 7) is 0.615. The Morgan fingerprint density at radius 2 is 2.32 bits per heavy atom. The molecule has 1 N–H and O–H groups in total. The van der Waals surface area contributed by atoms with Gasteiger partial charge in [-0.25, -0.2) is 13.4 Å². The standard InChI is InChI=1S/C12H17ClN2O3S/c13-12-9-11(5-6-14-12)19(17,18)15-7-1-3-10(15)4-2-8-16/h5-6,9-10,16H,1-4,7-8H2. The van der Waals surface area contributed by atoms with Crippen molar-refractivity contribution in [1.82, 2.24) is 9.29 Å². The van der Waals surface area contributed by atoms with E-state index in [1.54, 1.807) is 0 Å². The maximum Gasteiger partial charge on any atom is 0.243 e. The molecular formula is C12H17ClN2O3S. The summed E-state index contributed by atoms with van der Waals surface area (Å²) in [4.78, 5) is 3.98. The molecule has 0 amide bonds. The van der Waals surface area contributed by atoms with Gasteiger partial charge in [0.25, 0.3) is 0 Å². The third-order valence-electron chi connectivity index (χ3n) is 3.32. The molecule has 19 heavy (non-hydrogen) atoms. The third-order valence-corrected chi connectivity index (χ3v) is 5.48. The minimum Gasteiger partial charge on any atom is -0.396 e. The van der Waals surface area contributed by atoms with E-state index >= 15 is 0 Å². The molecule has 2 heterocycles. The number of halogens is 1. The molecule has 106 valence electrons. The third kappa shape index (κ3) is 3.25. The minimum atomic E-state index is -3.51. The summed E-state index contributed by atoms with van der Waals surface area (Å²) in [6, 6.07) is 2.81. The summed E-state index contributed by atoms with van der Waals surface area (Å²) in [5.41, 5.74) is 0. The highest BCUT2D eigenvalue weighted by Gasteiger charge is 2.34. The number of aliphatic hydroxyl groups excluding tert-OH is 1. The Labute approximate surface area is 118 Å². The normalized spacial score (nSPS) is 20.8. The molecule has 0 radical (unpaired) electrons. The molecular weight excluding hydrogens is 288 g/mol. The van der Waals surface area contributed by atoms with E-state index in [1.807, 2.05) is 0 Å². The van der Waals surface area contributed by atoms with E-state index in [0.717, 1.165) is 12.8 Å². The number of nitrogens with zero attached hydrogens (tertiary/aromatic N) is 2. The van der Waals surface area contributed by atoms with Crippen molar-refractivity contribution in [1.29, 1.82) is 0 Å². The zero-order valence-corrected chi connectivity index (χ0v) is 12.1. The first-order valence-electron chi connectivity index (χ1n) is 6.30. The lowest BCUT2D eigenvalue weighted by Crippen LogP contribution is -2.35. The van der Waals surface area contributed by atoms with E-state index in [9.17, 15) is 8.42 Å². The fourth-order valence-corrected chi connectivity index (χ4v) is 4.40. The SMILES string of the molecule is O=S(=O)(c1ccnc(Cl)c1)N1CCCC1CCCO. The molecule has 5 nitrogen and oxygen atoms in total. The number of aromatic nitrogens is 1. The first-order valence-corrected chi connectivity index (χ1v) is 8.12. The van der Waals surface area contributed by atoms with E-state index in [-0.39, 0.29) is 22.7 Å². The van der Waals surface area contributed by atoms with E-state index in [2.05, 4.69) is 4.98 Å².